The Morgan fingerprint density at radius 2 is 2.23 bits per heavy atom. The van der Waals surface area contributed by atoms with Crippen molar-refractivity contribution in [1.29, 1.82) is 0 Å². The normalized spacial score (nSPS) is 17.9. The summed E-state index contributed by atoms with van der Waals surface area (Å²) in [6.07, 6.45) is 6.16. The van der Waals surface area contributed by atoms with Gasteiger partial charge in [-0.15, -0.1) is 0 Å². The first-order valence-corrected chi connectivity index (χ1v) is 10.1. The lowest BCUT2D eigenvalue weighted by Crippen LogP contribution is -2.50. The molecule has 1 saturated heterocycles. The van der Waals surface area contributed by atoms with Gasteiger partial charge in [0.25, 0.3) is 0 Å². The van der Waals surface area contributed by atoms with Crippen molar-refractivity contribution in [2.75, 3.05) is 42.4 Å². The Bertz CT molecular complexity index is 1130. The van der Waals surface area contributed by atoms with E-state index in [9.17, 15) is 4.79 Å². The highest BCUT2D eigenvalue weighted by molar-refractivity contribution is 6.02. The molecular weight excluding hydrogens is 398 g/mol. The zero-order valence-corrected chi connectivity index (χ0v) is 17.3. The molecule has 0 bridgehead atoms. The fourth-order valence-electron chi connectivity index (χ4n) is 3.86. The molecule has 2 aromatic heterocycles. The molecule has 1 unspecified atom stereocenters. The van der Waals surface area contributed by atoms with E-state index in [-0.39, 0.29) is 11.9 Å². The van der Waals surface area contributed by atoms with Crippen LogP contribution in [-0.2, 0) is 9.53 Å². The second-order valence-corrected chi connectivity index (χ2v) is 7.49. The van der Waals surface area contributed by atoms with Gasteiger partial charge in [-0.05, 0) is 25.5 Å². The van der Waals surface area contributed by atoms with Crippen LogP contribution in [0.4, 0.5) is 23.1 Å². The number of fused-ring (bicyclic) bond motifs is 3. The van der Waals surface area contributed by atoms with Crippen LogP contribution >= 0.6 is 0 Å². The van der Waals surface area contributed by atoms with Crippen LogP contribution in [0, 0.1) is 6.92 Å². The number of carbonyl (C=O) groups excluding carboxylic acids is 1. The Hall–Kier alpha value is -3.66. The summed E-state index contributed by atoms with van der Waals surface area (Å²) in [6.45, 7) is 3.63. The summed E-state index contributed by atoms with van der Waals surface area (Å²) in [6, 6.07) is 5.39. The molecule has 31 heavy (non-hydrogen) atoms. The average molecular weight is 421 g/mol. The number of anilines is 4. The fourth-order valence-corrected chi connectivity index (χ4v) is 3.86. The first-order chi connectivity index (χ1) is 15.1. The van der Waals surface area contributed by atoms with Crippen molar-refractivity contribution >= 4 is 29.0 Å². The third kappa shape index (κ3) is 3.66. The number of aromatic nitrogens is 4. The maximum atomic E-state index is 12.4. The Balaban J connectivity index is 1.43. The molecule has 1 atom stereocenters. The summed E-state index contributed by atoms with van der Waals surface area (Å²) in [5.41, 5.74) is 3.20. The Morgan fingerprint density at radius 3 is 3.03 bits per heavy atom. The van der Waals surface area contributed by atoms with Crippen molar-refractivity contribution in [3.8, 4) is 11.4 Å². The van der Waals surface area contributed by atoms with E-state index in [1.807, 2.05) is 40.8 Å². The number of nitrogens with zero attached hydrogens (tertiary/aromatic N) is 5. The molecule has 10 nitrogen and oxygen atoms in total. The highest BCUT2D eigenvalue weighted by Crippen LogP contribution is 2.33. The number of benzene rings is 1. The third-order valence-electron chi connectivity index (χ3n) is 5.37. The minimum absolute atomic E-state index is 0.0891. The van der Waals surface area contributed by atoms with Crippen LogP contribution in [0.2, 0.25) is 0 Å². The number of aryl methyl sites for hydroxylation is 1. The van der Waals surface area contributed by atoms with Gasteiger partial charge in [-0.1, -0.05) is 0 Å². The SMILES string of the molecule is COc1cc(Nc2ncc3c(n2)N2CCCOCC2C(=O)N3)ccc1-n1cnc(C)c1. The quantitative estimate of drug-likeness (QED) is 0.661. The zero-order chi connectivity index (χ0) is 21.4. The number of imidazole rings is 1. The summed E-state index contributed by atoms with van der Waals surface area (Å²) < 4.78 is 13.1. The van der Waals surface area contributed by atoms with Gasteiger partial charge in [-0.3, -0.25) is 4.79 Å². The monoisotopic (exact) mass is 421 g/mol. The minimum atomic E-state index is -0.379. The summed E-state index contributed by atoms with van der Waals surface area (Å²) >= 11 is 0. The molecule has 5 rings (SSSR count). The number of methoxy groups -OCH3 is 1. The maximum Gasteiger partial charge on any atom is 0.249 e. The van der Waals surface area contributed by atoms with Crippen LogP contribution in [0.25, 0.3) is 5.69 Å². The predicted octanol–water partition coefficient (Wildman–Crippen LogP) is 2.27. The summed E-state index contributed by atoms with van der Waals surface area (Å²) in [5.74, 6) is 1.74. The molecule has 160 valence electrons. The number of rotatable bonds is 4. The molecule has 1 aromatic carbocycles. The van der Waals surface area contributed by atoms with Crippen molar-refractivity contribution in [3.05, 3.63) is 42.6 Å². The topological polar surface area (TPSA) is 106 Å². The van der Waals surface area contributed by atoms with Gasteiger partial charge in [0, 0.05) is 31.1 Å². The molecule has 0 aliphatic carbocycles. The Morgan fingerprint density at radius 1 is 1.32 bits per heavy atom. The van der Waals surface area contributed by atoms with Gasteiger partial charge >= 0.3 is 0 Å². The van der Waals surface area contributed by atoms with Gasteiger partial charge < -0.3 is 29.6 Å². The van der Waals surface area contributed by atoms with E-state index in [1.165, 1.54) is 0 Å². The van der Waals surface area contributed by atoms with Crippen LogP contribution < -0.4 is 20.3 Å². The van der Waals surface area contributed by atoms with E-state index in [4.69, 9.17) is 9.47 Å². The van der Waals surface area contributed by atoms with Crippen LogP contribution in [0.15, 0.2) is 36.9 Å². The van der Waals surface area contributed by atoms with Gasteiger partial charge in [0.05, 0.1) is 37.6 Å². The smallest absolute Gasteiger partial charge is 0.249 e. The van der Waals surface area contributed by atoms with E-state index in [0.29, 0.717) is 43.0 Å². The van der Waals surface area contributed by atoms with Gasteiger partial charge in [0.15, 0.2) is 5.82 Å². The largest absolute Gasteiger partial charge is 0.494 e. The molecule has 2 aliphatic heterocycles. The first-order valence-electron chi connectivity index (χ1n) is 10.1. The molecule has 0 spiro atoms. The van der Waals surface area contributed by atoms with Gasteiger partial charge in [0.2, 0.25) is 11.9 Å². The Labute approximate surface area is 179 Å². The zero-order valence-electron chi connectivity index (χ0n) is 17.3. The average Bonchev–Trinajstić information content (AvgIpc) is 3.05. The molecular formula is C21H23N7O3. The summed E-state index contributed by atoms with van der Waals surface area (Å²) in [5, 5.41) is 6.12. The van der Waals surface area contributed by atoms with Crippen molar-refractivity contribution in [3.63, 3.8) is 0 Å². The fraction of sp³-hybridized carbons (Fsp3) is 0.333. The molecule has 1 amide bonds. The minimum Gasteiger partial charge on any atom is -0.494 e. The van der Waals surface area contributed by atoms with E-state index >= 15 is 0 Å². The van der Waals surface area contributed by atoms with Gasteiger partial charge in [-0.2, -0.15) is 4.98 Å². The lowest BCUT2D eigenvalue weighted by Gasteiger charge is -2.34. The molecule has 3 aromatic rings. The van der Waals surface area contributed by atoms with Crippen LogP contribution in [0.3, 0.4) is 0 Å². The highest BCUT2D eigenvalue weighted by atomic mass is 16.5. The lowest BCUT2D eigenvalue weighted by molar-refractivity contribution is -0.118. The van der Waals surface area contributed by atoms with Crippen molar-refractivity contribution in [2.45, 2.75) is 19.4 Å². The molecule has 10 heteroatoms. The van der Waals surface area contributed by atoms with Gasteiger partial charge in [-0.25, -0.2) is 9.97 Å². The van der Waals surface area contributed by atoms with E-state index in [1.54, 1.807) is 19.6 Å². The molecule has 2 N–H and O–H groups in total. The van der Waals surface area contributed by atoms with Crippen molar-refractivity contribution in [2.24, 2.45) is 0 Å². The number of hydrogen-bond donors (Lipinski definition) is 2. The Kier molecular flexibility index (Phi) is 4.91. The number of amides is 1. The second kappa shape index (κ2) is 7.88. The highest BCUT2D eigenvalue weighted by Gasteiger charge is 2.35. The number of carbonyl (C=O) groups is 1. The van der Waals surface area contributed by atoms with Crippen LogP contribution in [0.5, 0.6) is 5.75 Å². The number of hydrogen-bond acceptors (Lipinski definition) is 8. The van der Waals surface area contributed by atoms with Gasteiger partial charge in [0.1, 0.15) is 17.5 Å². The summed E-state index contributed by atoms with van der Waals surface area (Å²) in [4.78, 5) is 27.7. The maximum absolute atomic E-state index is 12.4. The number of nitrogens with one attached hydrogen (secondary N) is 2. The molecule has 1 fully saturated rings. The standard InChI is InChI=1S/C21H23N7O3/c1-13-10-27(12-23-13)16-5-4-14(8-18(16)30-2)24-21-22-9-15-19(26-21)28-6-3-7-31-11-17(28)20(29)25-15/h4-5,8-10,12,17H,3,6-7,11H2,1-2H3,(H,25,29)(H,22,24,26). The molecule has 0 radical (unpaired) electrons. The van der Waals surface area contributed by atoms with Crippen LogP contribution in [0.1, 0.15) is 12.1 Å². The molecule has 0 saturated carbocycles. The first kappa shape index (κ1) is 19.3. The molecule has 2 aliphatic rings. The van der Waals surface area contributed by atoms with E-state index in [0.717, 1.165) is 23.5 Å². The van der Waals surface area contributed by atoms with E-state index < -0.39 is 0 Å². The van der Waals surface area contributed by atoms with Crippen LogP contribution in [-0.4, -0.2) is 58.3 Å². The molecule has 4 heterocycles. The third-order valence-corrected chi connectivity index (χ3v) is 5.37. The summed E-state index contributed by atoms with van der Waals surface area (Å²) in [7, 11) is 1.63. The second-order valence-electron chi connectivity index (χ2n) is 7.49. The van der Waals surface area contributed by atoms with Crippen molar-refractivity contribution in [1.82, 2.24) is 19.5 Å². The van der Waals surface area contributed by atoms with Crippen molar-refractivity contribution < 1.29 is 14.3 Å². The lowest BCUT2D eigenvalue weighted by atomic mass is 10.1. The number of ether oxygens (including phenoxy) is 2. The van der Waals surface area contributed by atoms with E-state index in [2.05, 4.69) is 25.6 Å². The predicted molar refractivity (Wildman–Crippen MR) is 115 cm³/mol.